The number of hydrogen-bond acceptors (Lipinski definition) is 5. The number of nitrogens with one attached hydrogen (secondary N) is 1. The molecule has 6 heteroatoms. The Labute approximate surface area is 119 Å². The van der Waals surface area contributed by atoms with Crippen molar-refractivity contribution in [3.8, 4) is 0 Å². The number of rotatable bonds is 3. The predicted octanol–water partition coefficient (Wildman–Crippen LogP) is 3.71. The number of halogens is 1. The lowest BCUT2D eigenvalue weighted by Gasteiger charge is -2.13. The summed E-state index contributed by atoms with van der Waals surface area (Å²) in [6.45, 7) is 4.00. The van der Waals surface area contributed by atoms with Crippen molar-refractivity contribution >= 4 is 28.1 Å². The molecule has 0 aliphatic carbocycles. The van der Waals surface area contributed by atoms with E-state index in [2.05, 4.69) is 20.3 Å². The third kappa shape index (κ3) is 2.46. The quantitative estimate of drug-likeness (QED) is 0.798. The van der Waals surface area contributed by atoms with Crippen molar-refractivity contribution in [2.24, 2.45) is 0 Å². The minimum absolute atomic E-state index is 0.0307. The summed E-state index contributed by atoms with van der Waals surface area (Å²) in [4.78, 5) is 12.8. The van der Waals surface area contributed by atoms with Crippen LogP contribution in [-0.4, -0.2) is 15.0 Å². The van der Waals surface area contributed by atoms with Crippen molar-refractivity contribution in [3.63, 3.8) is 0 Å². The molecular formula is C14H13FN4S. The van der Waals surface area contributed by atoms with Gasteiger partial charge in [0, 0.05) is 16.8 Å². The molecule has 102 valence electrons. The summed E-state index contributed by atoms with van der Waals surface area (Å²) in [6.07, 6.45) is 1.43. The van der Waals surface area contributed by atoms with E-state index in [0.29, 0.717) is 11.3 Å². The topological polar surface area (TPSA) is 50.7 Å². The first kappa shape index (κ1) is 12.9. The van der Waals surface area contributed by atoms with Crippen LogP contribution in [-0.2, 0) is 0 Å². The molecule has 1 N–H and O–H groups in total. The van der Waals surface area contributed by atoms with Crippen LogP contribution >= 0.6 is 11.3 Å². The zero-order valence-electron chi connectivity index (χ0n) is 11.1. The molecule has 0 radical (unpaired) electrons. The van der Waals surface area contributed by atoms with Gasteiger partial charge in [0.2, 0.25) is 0 Å². The number of aromatic nitrogens is 3. The summed E-state index contributed by atoms with van der Waals surface area (Å²) in [6, 6.07) is 4.53. The Balaban J connectivity index is 1.94. The Morgan fingerprint density at radius 3 is 2.90 bits per heavy atom. The lowest BCUT2D eigenvalue weighted by atomic mass is 10.2. The fourth-order valence-corrected chi connectivity index (χ4v) is 2.71. The Kier molecular flexibility index (Phi) is 3.31. The minimum atomic E-state index is -0.301. The largest absolute Gasteiger partial charge is 0.361 e. The second kappa shape index (κ2) is 5.13. The second-order valence-electron chi connectivity index (χ2n) is 4.54. The molecule has 0 bridgehead atoms. The highest BCUT2D eigenvalue weighted by Gasteiger charge is 2.12. The molecule has 0 saturated heterocycles. The van der Waals surface area contributed by atoms with Gasteiger partial charge in [-0.25, -0.2) is 19.3 Å². The fourth-order valence-electron chi connectivity index (χ4n) is 2.00. The lowest BCUT2D eigenvalue weighted by Crippen LogP contribution is -2.09. The third-order valence-corrected chi connectivity index (χ3v) is 3.82. The zero-order chi connectivity index (χ0) is 14.1. The molecule has 2 heterocycles. The van der Waals surface area contributed by atoms with Gasteiger partial charge < -0.3 is 5.32 Å². The van der Waals surface area contributed by atoms with Crippen molar-refractivity contribution in [2.75, 3.05) is 5.32 Å². The van der Waals surface area contributed by atoms with E-state index < -0.39 is 0 Å². The highest BCUT2D eigenvalue weighted by molar-refractivity contribution is 7.09. The molecular weight excluding hydrogens is 275 g/mol. The lowest BCUT2D eigenvalue weighted by molar-refractivity contribution is 0.629. The molecule has 0 aliphatic rings. The number of hydrogen-bond donors (Lipinski definition) is 1. The normalized spacial score (nSPS) is 12.6. The van der Waals surface area contributed by atoms with Crippen LogP contribution in [0.25, 0.3) is 10.9 Å². The van der Waals surface area contributed by atoms with E-state index in [0.717, 1.165) is 16.1 Å². The summed E-state index contributed by atoms with van der Waals surface area (Å²) in [5.74, 6) is 0.387. The minimum Gasteiger partial charge on any atom is -0.361 e. The summed E-state index contributed by atoms with van der Waals surface area (Å²) < 4.78 is 13.2. The summed E-state index contributed by atoms with van der Waals surface area (Å²) in [5.41, 5.74) is 1.56. The van der Waals surface area contributed by atoms with Crippen LogP contribution in [0, 0.1) is 12.7 Å². The molecule has 3 aromatic rings. The zero-order valence-corrected chi connectivity index (χ0v) is 11.9. The molecule has 0 aliphatic heterocycles. The van der Waals surface area contributed by atoms with Crippen molar-refractivity contribution in [1.82, 2.24) is 15.0 Å². The van der Waals surface area contributed by atoms with Gasteiger partial charge in [-0.2, -0.15) is 0 Å². The number of benzene rings is 1. The highest BCUT2D eigenvalue weighted by Crippen LogP contribution is 2.25. The SMILES string of the molecule is Cc1nc([C@H](C)Nc2ncnc3cc(F)ccc23)cs1. The van der Waals surface area contributed by atoms with E-state index in [1.54, 1.807) is 17.4 Å². The average molecular weight is 288 g/mol. The molecule has 0 amide bonds. The summed E-state index contributed by atoms with van der Waals surface area (Å²) >= 11 is 1.62. The molecule has 0 fully saturated rings. The maximum Gasteiger partial charge on any atom is 0.137 e. The molecule has 0 spiro atoms. The third-order valence-electron chi connectivity index (χ3n) is 3.03. The van der Waals surface area contributed by atoms with E-state index in [9.17, 15) is 4.39 Å². The Morgan fingerprint density at radius 1 is 1.30 bits per heavy atom. The van der Waals surface area contributed by atoms with Gasteiger partial charge in [-0.15, -0.1) is 11.3 Å². The van der Waals surface area contributed by atoms with Crippen LogP contribution in [0.4, 0.5) is 10.2 Å². The van der Waals surface area contributed by atoms with Gasteiger partial charge in [0.1, 0.15) is 18.0 Å². The van der Waals surface area contributed by atoms with Crippen LogP contribution < -0.4 is 5.32 Å². The smallest absolute Gasteiger partial charge is 0.137 e. The average Bonchev–Trinajstić information content (AvgIpc) is 2.85. The van der Waals surface area contributed by atoms with Gasteiger partial charge in [0.05, 0.1) is 22.3 Å². The van der Waals surface area contributed by atoms with E-state index in [-0.39, 0.29) is 11.9 Å². The van der Waals surface area contributed by atoms with Gasteiger partial charge in [-0.3, -0.25) is 0 Å². The van der Waals surface area contributed by atoms with Gasteiger partial charge >= 0.3 is 0 Å². The second-order valence-corrected chi connectivity index (χ2v) is 5.60. The Morgan fingerprint density at radius 2 is 2.15 bits per heavy atom. The maximum atomic E-state index is 13.2. The van der Waals surface area contributed by atoms with Crippen LogP contribution in [0.1, 0.15) is 23.7 Å². The maximum absolute atomic E-state index is 13.2. The van der Waals surface area contributed by atoms with Crippen LogP contribution in [0.5, 0.6) is 0 Å². The Bertz CT molecular complexity index is 756. The Hall–Kier alpha value is -2.08. The van der Waals surface area contributed by atoms with Crippen LogP contribution in [0.15, 0.2) is 29.9 Å². The first-order chi connectivity index (χ1) is 9.63. The van der Waals surface area contributed by atoms with Crippen molar-refractivity contribution in [3.05, 3.63) is 46.4 Å². The fraction of sp³-hybridized carbons (Fsp3) is 0.214. The molecule has 0 unspecified atom stereocenters. The first-order valence-corrected chi connectivity index (χ1v) is 7.10. The van der Waals surface area contributed by atoms with Gasteiger partial charge in [0.25, 0.3) is 0 Å². The molecule has 2 aromatic heterocycles. The molecule has 4 nitrogen and oxygen atoms in total. The van der Waals surface area contributed by atoms with Crippen molar-refractivity contribution < 1.29 is 4.39 Å². The standard InChI is InChI=1S/C14H13FN4S/c1-8(13-6-20-9(2)19-13)18-14-11-4-3-10(15)5-12(11)16-7-17-14/h3-8H,1-2H3,(H,16,17,18)/t8-/m0/s1. The molecule has 1 aromatic carbocycles. The number of nitrogens with zero attached hydrogens (tertiary/aromatic N) is 3. The number of thiazole rings is 1. The molecule has 0 saturated carbocycles. The monoisotopic (exact) mass is 288 g/mol. The number of anilines is 1. The van der Waals surface area contributed by atoms with Crippen molar-refractivity contribution in [1.29, 1.82) is 0 Å². The van der Waals surface area contributed by atoms with E-state index in [1.807, 2.05) is 19.2 Å². The van der Waals surface area contributed by atoms with Gasteiger partial charge in [-0.1, -0.05) is 0 Å². The van der Waals surface area contributed by atoms with Crippen LogP contribution in [0.3, 0.4) is 0 Å². The van der Waals surface area contributed by atoms with Gasteiger partial charge in [-0.05, 0) is 26.0 Å². The number of aryl methyl sites for hydroxylation is 1. The molecule has 3 rings (SSSR count). The first-order valence-electron chi connectivity index (χ1n) is 6.22. The predicted molar refractivity (Wildman–Crippen MR) is 78.4 cm³/mol. The molecule has 20 heavy (non-hydrogen) atoms. The van der Waals surface area contributed by atoms with Gasteiger partial charge in [0.15, 0.2) is 0 Å². The van der Waals surface area contributed by atoms with Crippen molar-refractivity contribution in [2.45, 2.75) is 19.9 Å². The van der Waals surface area contributed by atoms with E-state index in [4.69, 9.17) is 0 Å². The van der Waals surface area contributed by atoms with Crippen LogP contribution in [0.2, 0.25) is 0 Å². The molecule has 1 atom stereocenters. The van der Waals surface area contributed by atoms with E-state index >= 15 is 0 Å². The summed E-state index contributed by atoms with van der Waals surface area (Å²) in [7, 11) is 0. The summed E-state index contributed by atoms with van der Waals surface area (Å²) in [5, 5.41) is 7.16. The highest BCUT2D eigenvalue weighted by atomic mass is 32.1. The number of fused-ring (bicyclic) bond motifs is 1. The van der Waals surface area contributed by atoms with E-state index in [1.165, 1.54) is 18.5 Å².